The molecular weight excluding hydrogens is 326 g/mol. The third-order valence-corrected chi connectivity index (χ3v) is 4.30. The molecule has 0 aliphatic heterocycles. The molecule has 21 heavy (non-hydrogen) atoms. The summed E-state index contributed by atoms with van der Waals surface area (Å²) in [6, 6.07) is 10.9. The van der Waals surface area contributed by atoms with Crippen molar-refractivity contribution >= 4 is 15.9 Å². The maximum Gasteiger partial charge on any atom is 0.0624 e. The zero-order valence-corrected chi connectivity index (χ0v) is 14.7. The Morgan fingerprint density at radius 3 is 2.71 bits per heavy atom. The van der Waals surface area contributed by atoms with Crippen molar-refractivity contribution < 1.29 is 0 Å². The highest BCUT2D eigenvalue weighted by molar-refractivity contribution is 9.10. The molecule has 0 fully saturated rings. The summed E-state index contributed by atoms with van der Waals surface area (Å²) >= 11 is 3.57. The number of benzene rings is 1. The van der Waals surface area contributed by atoms with Gasteiger partial charge in [0.25, 0.3) is 0 Å². The van der Waals surface area contributed by atoms with Crippen molar-refractivity contribution in [3.63, 3.8) is 0 Å². The molecular formula is C17H24BrN3. The van der Waals surface area contributed by atoms with Crippen LogP contribution in [0, 0.1) is 0 Å². The molecule has 1 aromatic carbocycles. The van der Waals surface area contributed by atoms with Gasteiger partial charge in [0.05, 0.1) is 5.69 Å². The Hall–Kier alpha value is -1.13. The van der Waals surface area contributed by atoms with Gasteiger partial charge in [-0.1, -0.05) is 35.0 Å². The molecule has 4 heteroatoms. The lowest BCUT2D eigenvalue weighted by atomic mass is 9.94. The first-order valence-corrected chi connectivity index (χ1v) is 8.42. The number of nitrogens with zero attached hydrogens (tertiary/aromatic N) is 2. The fourth-order valence-electron chi connectivity index (χ4n) is 2.69. The van der Waals surface area contributed by atoms with Gasteiger partial charge in [-0.25, -0.2) is 0 Å². The normalized spacial score (nSPS) is 12.6. The van der Waals surface area contributed by atoms with E-state index >= 15 is 0 Å². The van der Waals surface area contributed by atoms with E-state index < -0.39 is 0 Å². The van der Waals surface area contributed by atoms with E-state index in [2.05, 4.69) is 75.2 Å². The lowest BCUT2D eigenvalue weighted by Crippen LogP contribution is -2.20. The van der Waals surface area contributed by atoms with Crippen LogP contribution in [0.4, 0.5) is 0 Å². The quantitative estimate of drug-likeness (QED) is 0.824. The Morgan fingerprint density at radius 2 is 2.10 bits per heavy atom. The highest BCUT2D eigenvalue weighted by atomic mass is 79.9. The van der Waals surface area contributed by atoms with Crippen LogP contribution in [0.3, 0.4) is 0 Å². The van der Waals surface area contributed by atoms with Crippen molar-refractivity contribution in [2.75, 3.05) is 13.6 Å². The standard InChI is InChI=1S/C17H24BrN3/c1-4-16-11-17(21(5-2)20-16)10-14(12-19-3)13-7-6-8-15(18)9-13/h6-9,11,14,19H,4-5,10,12H2,1-3H3. The maximum absolute atomic E-state index is 4.66. The van der Waals surface area contributed by atoms with Crippen molar-refractivity contribution in [3.8, 4) is 0 Å². The molecule has 0 amide bonds. The number of aryl methyl sites for hydroxylation is 2. The van der Waals surface area contributed by atoms with Gasteiger partial charge in [0.2, 0.25) is 0 Å². The molecule has 0 aliphatic rings. The largest absolute Gasteiger partial charge is 0.319 e. The van der Waals surface area contributed by atoms with E-state index in [9.17, 15) is 0 Å². The second-order valence-electron chi connectivity index (χ2n) is 5.31. The first-order chi connectivity index (χ1) is 10.2. The monoisotopic (exact) mass is 349 g/mol. The summed E-state index contributed by atoms with van der Waals surface area (Å²) < 4.78 is 3.28. The number of likely N-dealkylation sites (N-methyl/N-ethyl adjacent to an activating group) is 1. The van der Waals surface area contributed by atoms with E-state index in [1.165, 1.54) is 17.0 Å². The summed E-state index contributed by atoms with van der Waals surface area (Å²) in [5, 5.41) is 7.98. The number of halogens is 1. The van der Waals surface area contributed by atoms with E-state index in [-0.39, 0.29) is 0 Å². The van der Waals surface area contributed by atoms with Crippen LogP contribution in [-0.2, 0) is 19.4 Å². The molecule has 1 unspecified atom stereocenters. The summed E-state index contributed by atoms with van der Waals surface area (Å²) in [6.07, 6.45) is 2.01. The van der Waals surface area contributed by atoms with E-state index in [1.54, 1.807) is 0 Å². The average molecular weight is 350 g/mol. The summed E-state index contributed by atoms with van der Waals surface area (Å²) in [6.45, 7) is 6.21. The fraction of sp³-hybridized carbons (Fsp3) is 0.471. The molecule has 1 heterocycles. The van der Waals surface area contributed by atoms with Gasteiger partial charge in [-0.3, -0.25) is 4.68 Å². The second kappa shape index (κ2) is 7.76. The van der Waals surface area contributed by atoms with Gasteiger partial charge in [0.15, 0.2) is 0 Å². The van der Waals surface area contributed by atoms with Crippen LogP contribution in [0.25, 0.3) is 0 Å². The van der Waals surface area contributed by atoms with Crippen molar-refractivity contribution in [2.24, 2.45) is 0 Å². The molecule has 0 radical (unpaired) electrons. The topological polar surface area (TPSA) is 29.9 Å². The number of hydrogen-bond donors (Lipinski definition) is 1. The lowest BCUT2D eigenvalue weighted by molar-refractivity contribution is 0.562. The highest BCUT2D eigenvalue weighted by Gasteiger charge is 2.15. The van der Waals surface area contributed by atoms with Crippen molar-refractivity contribution in [2.45, 2.75) is 39.2 Å². The average Bonchev–Trinajstić information content (AvgIpc) is 2.89. The third-order valence-electron chi connectivity index (χ3n) is 3.80. The minimum absolute atomic E-state index is 0.458. The van der Waals surface area contributed by atoms with E-state index in [0.29, 0.717) is 5.92 Å². The van der Waals surface area contributed by atoms with Crippen LogP contribution in [-0.4, -0.2) is 23.4 Å². The van der Waals surface area contributed by atoms with Crippen LogP contribution in [0.1, 0.15) is 36.7 Å². The third kappa shape index (κ3) is 4.17. The fourth-order valence-corrected chi connectivity index (χ4v) is 3.11. The van der Waals surface area contributed by atoms with Crippen molar-refractivity contribution in [3.05, 3.63) is 51.8 Å². The molecule has 2 rings (SSSR count). The second-order valence-corrected chi connectivity index (χ2v) is 6.23. The zero-order chi connectivity index (χ0) is 15.2. The molecule has 0 aliphatic carbocycles. The van der Waals surface area contributed by atoms with Crippen LogP contribution in [0.5, 0.6) is 0 Å². The van der Waals surface area contributed by atoms with Gasteiger partial charge in [-0.2, -0.15) is 5.10 Å². The molecule has 0 saturated heterocycles. The van der Waals surface area contributed by atoms with Gasteiger partial charge in [0.1, 0.15) is 0 Å². The first kappa shape index (κ1) is 16.2. The smallest absolute Gasteiger partial charge is 0.0624 e. The van der Waals surface area contributed by atoms with Gasteiger partial charge in [0, 0.05) is 29.2 Å². The summed E-state index contributed by atoms with van der Waals surface area (Å²) in [4.78, 5) is 0. The van der Waals surface area contributed by atoms with E-state index in [1.807, 2.05) is 7.05 Å². The van der Waals surface area contributed by atoms with Crippen LogP contribution >= 0.6 is 15.9 Å². The summed E-state index contributed by atoms with van der Waals surface area (Å²) in [7, 11) is 2.01. The minimum Gasteiger partial charge on any atom is -0.319 e. The Bertz CT molecular complexity index is 577. The van der Waals surface area contributed by atoms with Crippen LogP contribution in [0.15, 0.2) is 34.8 Å². The molecule has 0 bridgehead atoms. The Morgan fingerprint density at radius 1 is 1.29 bits per heavy atom. The summed E-state index contributed by atoms with van der Waals surface area (Å²) in [5.41, 5.74) is 3.87. The van der Waals surface area contributed by atoms with E-state index in [4.69, 9.17) is 0 Å². The van der Waals surface area contributed by atoms with Gasteiger partial charge >= 0.3 is 0 Å². The van der Waals surface area contributed by atoms with Crippen molar-refractivity contribution in [1.29, 1.82) is 0 Å². The number of aromatic nitrogens is 2. The summed E-state index contributed by atoms with van der Waals surface area (Å²) in [5.74, 6) is 0.458. The molecule has 1 N–H and O–H groups in total. The number of hydrogen-bond acceptors (Lipinski definition) is 2. The number of nitrogens with one attached hydrogen (secondary N) is 1. The Kier molecular flexibility index (Phi) is 6.00. The first-order valence-electron chi connectivity index (χ1n) is 7.63. The predicted octanol–water partition coefficient (Wildman–Crippen LogP) is 3.77. The lowest BCUT2D eigenvalue weighted by Gasteiger charge is -2.18. The van der Waals surface area contributed by atoms with Crippen LogP contribution < -0.4 is 5.32 Å². The maximum atomic E-state index is 4.66. The Balaban J connectivity index is 2.25. The van der Waals surface area contributed by atoms with Gasteiger partial charge in [-0.15, -0.1) is 0 Å². The molecule has 0 saturated carbocycles. The van der Waals surface area contributed by atoms with Crippen LogP contribution in [0.2, 0.25) is 0 Å². The van der Waals surface area contributed by atoms with Crippen molar-refractivity contribution in [1.82, 2.24) is 15.1 Å². The van der Waals surface area contributed by atoms with Gasteiger partial charge < -0.3 is 5.32 Å². The van der Waals surface area contributed by atoms with Gasteiger partial charge in [-0.05, 0) is 50.6 Å². The predicted molar refractivity (Wildman–Crippen MR) is 91.8 cm³/mol. The molecule has 1 atom stereocenters. The molecule has 2 aromatic rings. The molecule has 0 spiro atoms. The molecule has 1 aromatic heterocycles. The van der Waals surface area contributed by atoms with E-state index in [0.717, 1.165) is 30.4 Å². The highest BCUT2D eigenvalue weighted by Crippen LogP contribution is 2.24. The molecule has 114 valence electrons. The molecule has 3 nitrogen and oxygen atoms in total. The zero-order valence-electron chi connectivity index (χ0n) is 13.1. The number of rotatable bonds is 7. The Labute approximate surface area is 135 Å². The minimum atomic E-state index is 0.458. The SMILES string of the molecule is CCc1cc(CC(CNC)c2cccc(Br)c2)n(CC)n1.